The molecule has 0 saturated heterocycles. The molecule has 0 aliphatic carbocycles. The number of hydrogen-bond donors (Lipinski definition) is 3. The minimum atomic E-state index is -4.57. The molecule has 0 aromatic heterocycles. The van der Waals surface area contributed by atoms with Crippen LogP contribution in [-0.2, 0) is 4.79 Å². The van der Waals surface area contributed by atoms with Gasteiger partial charge in [-0.15, -0.1) is 0 Å². The zero-order chi connectivity index (χ0) is 15.2. The van der Waals surface area contributed by atoms with Gasteiger partial charge in [-0.3, -0.25) is 4.79 Å². The van der Waals surface area contributed by atoms with E-state index in [1.54, 1.807) is 0 Å². The van der Waals surface area contributed by atoms with E-state index >= 15 is 0 Å². The molecule has 0 aliphatic heterocycles. The second-order valence-electron chi connectivity index (χ2n) is 3.75. The van der Waals surface area contributed by atoms with Crippen LogP contribution >= 0.6 is 0 Å². The molecule has 0 heterocycles. The van der Waals surface area contributed by atoms with Crippen LogP contribution in [0.3, 0.4) is 0 Å². The number of nitrogens with two attached hydrogens (primary N) is 1. The van der Waals surface area contributed by atoms with Crippen LogP contribution in [0.5, 0.6) is 5.75 Å². The van der Waals surface area contributed by atoms with Crippen LogP contribution in [0.25, 0.3) is 0 Å². The largest absolute Gasteiger partial charge is 0.485 e. The maximum Gasteiger partial charge on any atom is 0.397 e. The Kier molecular flexibility index (Phi) is 5.18. The van der Waals surface area contributed by atoms with E-state index < -0.39 is 18.5 Å². The van der Waals surface area contributed by atoms with E-state index in [0.717, 1.165) is 0 Å². The van der Waals surface area contributed by atoms with E-state index in [1.807, 2.05) is 0 Å². The first-order valence-electron chi connectivity index (χ1n) is 5.36. The summed E-state index contributed by atoms with van der Waals surface area (Å²) in [5, 5.41) is 13.1. The zero-order valence-corrected chi connectivity index (χ0v) is 10.1. The molecule has 6 nitrogen and oxygen atoms in total. The van der Waals surface area contributed by atoms with Crippen molar-refractivity contribution in [2.24, 2.45) is 10.9 Å². The van der Waals surface area contributed by atoms with Crippen LogP contribution in [0.4, 0.5) is 18.9 Å². The van der Waals surface area contributed by atoms with Gasteiger partial charge in [0.05, 0.1) is 0 Å². The molecule has 0 fully saturated rings. The normalized spacial score (nSPS) is 12.1. The third kappa shape index (κ3) is 5.94. The highest BCUT2D eigenvalue weighted by molar-refractivity contribution is 5.91. The Bertz CT molecular complexity index is 503. The van der Waals surface area contributed by atoms with E-state index in [0.29, 0.717) is 0 Å². The number of benzene rings is 1. The quantitative estimate of drug-likeness (QED) is 0.333. The number of nitrogens with one attached hydrogen (secondary N) is 1. The Labute approximate surface area is 112 Å². The van der Waals surface area contributed by atoms with Gasteiger partial charge in [0.25, 0.3) is 0 Å². The average molecular weight is 291 g/mol. The van der Waals surface area contributed by atoms with Gasteiger partial charge in [-0.2, -0.15) is 13.2 Å². The number of alkyl halides is 3. The van der Waals surface area contributed by atoms with Crippen LogP contribution in [0.2, 0.25) is 0 Å². The Morgan fingerprint density at radius 1 is 1.45 bits per heavy atom. The zero-order valence-electron chi connectivity index (χ0n) is 10.1. The molecule has 0 radical (unpaired) electrons. The summed E-state index contributed by atoms with van der Waals surface area (Å²) in [4.78, 5) is 11.1. The minimum Gasteiger partial charge on any atom is -0.485 e. The lowest BCUT2D eigenvalue weighted by molar-refractivity contribution is -0.150. The van der Waals surface area contributed by atoms with Gasteiger partial charge in [0, 0.05) is 11.8 Å². The Morgan fingerprint density at radius 2 is 2.15 bits per heavy atom. The maximum absolute atomic E-state index is 12.0. The standard InChI is InChI=1S/C11H12F3N3O3/c12-11(13,14)5-10(18)16-7-2-1-3-8(4-7)20-6-9(15)17-19/h1-4,19H,5-6H2,(H2,15,17)(H,16,18). The fourth-order valence-corrected chi connectivity index (χ4v) is 1.24. The summed E-state index contributed by atoms with van der Waals surface area (Å²) >= 11 is 0. The van der Waals surface area contributed by atoms with Crippen LogP contribution in [0.1, 0.15) is 6.42 Å². The van der Waals surface area contributed by atoms with Crippen molar-refractivity contribution in [2.45, 2.75) is 12.6 Å². The number of ether oxygens (including phenoxy) is 1. The summed E-state index contributed by atoms with van der Waals surface area (Å²) < 4.78 is 41.1. The van der Waals surface area contributed by atoms with E-state index in [4.69, 9.17) is 15.7 Å². The number of carbonyl (C=O) groups excluding carboxylic acids is 1. The van der Waals surface area contributed by atoms with Crippen LogP contribution < -0.4 is 15.8 Å². The fraction of sp³-hybridized carbons (Fsp3) is 0.273. The van der Waals surface area contributed by atoms with E-state index in [2.05, 4.69) is 10.5 Å². The molecule has 0 saturated carbocycles. The SMILES string of the molecule is N/C(COc1cccc(NC(=O)CC(F)(F)F)c1)=N\O. The molecule has 20 heavy (non-hydrogen) atoms. The highest BCUT2D eigenvalue weighted by Gasteiger charge is 2.31. The van der Waals surface area contributed by atoms with Gasteiger partial charge in [-0.1, -0.05) is 11.2 Å². The molecule has 9 heteroatoms. The lowest BCUT2D eigenvalue weighted by Gasteiger charge is -2.09. The van der Waals surface area contributed by atoms with Gasteiger partial charge in [0.2, 0.25) is 5.91 Å². The lowest BCUT2D eigenvalue weighted by Crippen LogP contribution is -2.21. The number of halogens is 3. The highest BCUT2D eigenvalue weighted by atomic mass is 19.4. The Morgan fingerprint density at radius 3 is 2.75 bits per heavy atom. The average Bonchev–Trinajstić information content (AvgIpc) is 2.34. The molecule has 0 unspecified atom stereocenters. The van der Waals surface area contributed by atoms with E-state index in [-0.39, 0.29) is 23.9 Å². The second kappa shape index (κ2) is 6.64. The molecule has 4 N–H and O–H groups in total. The number of amidine groups is 1. The van der Waals surface area contributed by atoms with E-state index in [9.17, 15) is 18.0 Å². The van der Waals surface area contributed by atoms with Gasteiger partial charge in [0.1, 0.15) is 18.8 Å². The monoisotopic (exact) mass is 291 g/mol. The molecular weight excluding hydrogens is 279 g/mol. The Balaban J connectivity index is 2.62. The smallest absolute Gasteiger partial charge is 0.397 e. The number of anilines is 1. The van der Waals surface area contributed by atoms with Crippen molar-refractivity contribution in [3.63, 3.8) is 0 Å². The van der Waals surface area contributed by atoms with Gasteiger partial charge < -0.3 is 21.0 Å². The minimum absolute atomic E-state index is 0.149. The summed E-state index contributed by atoms with van der Waals surface area (Å²) in [5.41, 5.74) is 5.34. The number of rotatable bonds is 5. The van der Waals surface area contributed by atoms with Crippen molar-refractivity contribution in [1.82, 2.24) is 0 Å². The molecule has 0 atom stereocenters. The van der Waals surface area contributed by atoms with E-state index in [1.165, 1.54) is 24.3 Å². The van der Waals surface area contributed by atoms with Gasteiger partial charge in [-0.25, -0.2) is 0 Å². The molecule has 110 valence electrons. The van der Waals surface area contributed by atoms with Gasteiger partial charge in [0.15, 0.2) is 5.84 Å². The van der Waals surface area contributed by atoms with Crippen LogP contribution in [-0.4, -0.2) is 29.7 Å². The highest BCUT2D eigenvalue weighted by Crippen LogP contribution is 2.22. The first-order chi connectivity index (χ1) is 9.30. The van der Waals surface area contributed by atoms with Crippen LogP contribution in [0, 0.1) is 0 Å². The number of carbonyl (C=O) groups is 1. The topological polar surface area (TPSA) is 96.9 Å². The van der Waals surface area contributed by atoms with Gasteiger partial charge >= 0.3 is 6.18 Å². The molecule has 0 aliphatic rings. The summed E-state index contributed by atoms with van der Waals surface area (Å²) in [7, 11) is 0. The number of amides is 1. The third-order valence-electron chi connectivity index (χ3n) is 1.99. The predicted octanol–water partition coefficient (Wildman–Crippen LogP) is 1.70. The summed E-state index contributed by atoms with van der Waals surface area (Å²) in [6.07, 6.45) is -6.13. The first kappa shape index (κ1) is 15.6. The number of oxime groups is 1. The summed E-state index contributed by atoms with van der Waals surface area (Å²) in [6, 6.07) is 5.71. The van der Waals surface area contributed by atoms with Crippen molar-refractivity contribution in [3.8, 4) is 5.75 Å². The Hall–Kier alpha value is -2.45. The molecular formula is C11H12F3N3O3. The maximum atomic E-state index is 12.0. The number of hydrogen-bond acceptors (Lipinski definition) is 4. The lowest BCUT2D eigenvalue weighted by atomic mass is 10.3. The molecule has 1 aromatic rings. The van der Waals surface area contributed by atoms with Crippen molar-refractivity contribution in [2.75, 3.05) is 11.9 Å². The van der Waals surface area contributed by atoms with Crippen molar-refractivity contribution >= 4 is 17.4 Å². The van der Waals surface area contributed by atoms with Gasteiger partial charge in [-0.05, 0) is 12.1 Å². The summed E-state index contributed by atoms with van der Waals surface area (Å²) in [6.45, 7) is -0.198. The number of nitrogens with zero attached hydrogens (tertiary/aromatic N) is 1. The molecule has 1 rings (SSSR count). The summed E-state index contributed by atoms with van der Waals surface area (Å²) in [5.74, 6) is -1.09. The molecule has 1 aromatic carbocycles. The van der Waals surface area contributed by atoms with Crippen LogP contribution in [0.15, 0.2) is 29.4 Å². The first-order valence-corrected chi connectivity index (χ1v) is 5.36. The fourth-order valence-electron chi connectivity index (χ4n) is 1.24. The second-order valence-corrected chi connectivity index (χ2v) is 3.75. The molecule has 1 amide bonds. The molecule has 0 spiro atoms. The third-order valence-corrected chi connectivity index (χ3v) is 1.99. The predicted molar refractivity (Wildman–Crippen MR) is 64.6 cm³/mol. The van der Waals surface area contributed by atoms with Crippen molar-refractivity contribution in [3.05, 3.63) is 24.3 Å². The van der Waals surface area contributed by atoms with Crippen molar-refractivity contribution < 1.29 is 27.9 Å². The van der Waals surface area contributed by atoms with Crippen molar-refractivity contribution in [1.29, 1.82) is 0 Å². The molecule has 0 bridgehead atoms.